The number of nitrogens with one attached hydrogen (secondary N) is 2. The van der Waals surface area contributed by atoms with Gasteiger partial charge < -0.3 is 5.32 Å². The average molecular weight is 186 g/mol. The zero-order valence-corrected chi connectivity index (χ0v) is 7.63. The van der Waals surface area contributed by atoms with Gasteiger partial charge in [0.05, 0.1) is 7.11 Å². The van der Waals surface area contributed by atoms with Gasteiger partial charge in [0.15, 0.2) is 0 Å². The van der Waals surface area contributed by atoms with Crippen molar-refractivity contribution in [3.8, 4) is 0 Å². The molecule has 1 saturated heterocycles. The lowest BCUT2D eigenvalue weighted by atomic mass is 10.0. The van der Waals surface area contributed by atoms with Crippen molar-refractivity contribution in [2.45, 2.75) is 19.3 Å². The van der Waals surface area contributed by atoms with E-state index in [0.717, 1.165) is 13.0 Å². The van der Waals surface area contributed by atoms with Crippen LogP contribution in [0.1, 0.15) is 19.3 Å². The molecule has 0 radical (unpaired) electrons. The summed E-state index contributed by atoms with van der Waals surface area (Å²) in [6, 6.07) is 0. The minimum Gasteiger partial charge on any atom is -0.356 e. The van der Waals surface area contributed by atoms with Crippen LogP contribution >= 0.6 is 0 Å². The second-order valence-electron chi connectivity index (χ2n) is 3.04. The Balaban J connectivity index is 2.18. The Morgan fingerprint density at radius 3 is 3.08 bits per heavy atom. The normalized spacial score (nSPS) is 21.3. The Morgan fingerprint density at radius 2 is 2.54 bits per heavy atom. The van der Waals surface area contributed by atoms with Gasteiger partial charge in [-0.1, -0.05) is 0 Å². The standard InChI is InChI=1S/C8H14N2O3/c1-13-10-7(11)3-2-6-4-5-9-8(6)12/h6H,2-5H2,1H3,(H,9,12)(H,10,11). The Kier molecular flexibility index (Phi) is 3.70. The van der Waals surface area contributed by atoms with Crippen molar-refractivity contribution < 1.29 is 14.4 Å². The minimum absolute atomic E-state index is 0.00241. The van der Waals surface area contributed by atoms with E-state index < -0.39 is 0 Å². The van der Waals surface area contributed by atoms with Gasteiger partial charge in [0, 0.05) is 18.9 Å². The molecule has 1 unspecified atom stereocenters. The summed E-state index contributed by atoms with van der Waals surface area (Å²) in [5.41, 5.74) is 2.21. The fourth-order valence-corrected chi connectivity index (χ4v) is 1.39. The molecule has 5 nitrogen and oxygen atoms in total. The zero-order chi connectivity index (χ0) is 9.68. The molecule has 1 aliphatic rings. The SMILES string of the molecule is CONC(=O)CCC1CCNC1=O. The second-order valence-corrected chi connectivity index (χ2v) is 3.04. The molecule has 0 aromatic carbocycles. The summed E-state index contributed by atoms with van der Waals surface area (Å²) in [6.45, 7) is 0.732. The van der Waals surface area contributed by atoms with Crippen molar-refractivity contribution in [1.29, 1.82) is 0 Å². The molecule has 0 aromatic heterocycles. The van der Waals surface area contributed by atoms with Crippen LogP contribution in [0.3, 0.4) is 0 Å². The van der Waals surface area contributed by atoms with Gasteiger partial charge in [-0.3, -0.25) is 14.4 Å². The highest BCUT2D eigenvalue weighted by molar-refractivity contribution is 5.81. The maximum absolute atomic E-state index is 11.1. The molecule has 1 atom stereocenters. The predicted octanol–water partition coefficient (Wildman–Crippen LogP) is -0.420. The quantitative estimate of drug-likeness (QED) is 0.586. The maximum atomic E-state index is 11.1. The number of carbonyl (C=O) groups is 2. The second kappa shape index (κ2) is 4.81. The van der Waals surface area contributed by atoms with Crippen LogP contribution in [0.2, 0.25) is 0 Å². The van der Waals surface area contributed by atoms with Gasteiger partial charge in [-0.05, 0) is 12.8 Å². The third-order valence-corrected chi connectivity index (χ3v) is 2.10. The van der Waals surface area contributed by atoms with E-state index in [0.29, 0.717) is 12.8 Å². The van der Waals surface area contributed by atoms with Gasteiger partial charge >= 0.3 is 0 Å². The molecule has 1 heterocycles. The summed E-state index contributed by atoms with van der Waals surface area (Å²) in [5.74, 6) is -0.116. The average Bonchev–Trinajstić information content (AvgIpc) is 2.48. The summed E-state index contributed by atoms with van der Waals surface area (Å²) in [7, 11) is 1.39. The molecule has 0 bridgehead atoms. The van der Waals surface area contributed by atoms with Crippen molar-refractivity contribution >= 4 is 11.8 Å². The maximum Gasteiger partial charge on any atom is 0.243 e. The first-order chi connectivity index (χ1) is 6.24. The predicted molar refractivity (Wildman–Crippen MR) is 45.5 cm³/mol. The summed E-state index contributed by atoms with van der Waals surface area (Å²) < 4.78 is 0. The lowest BCUT2D eigenvalue weighted by Gasteiger charge is -2.05. The van der Waals surface area contributed by atoms with Crippen molar-refractivity contribution in [2.75, 3.05) is 13.7 Å². The molecule has 2 amide bonds. The largest absolute Gasteiger partial charge is 0.356 e. The molecule has 5 heteroatoms. The first-order valence-corrected chi connectivity index (χ1v) is 4.33. The van der Waals surface area contributed by atoms with Crippen LogP contribution < -0.4 is 10.8 Å². The molecular weight excluding hydrogens is 172 g/mol. The third-order valence-electron chi connectivity index (χ3n) is 2.10. The molecule has 2 N–H and O–H groups in total. The van der Waals surface area contributed by atoms with E-state index in [1.165, 1.54) is 7.11 Å². The molecule has 0 aliphatic carbocycles. The summed E-state index contributed by atoms with van der Waals surface area (Å²) in [6.07, 6.45) is 1.77. The van der Waals surface area contributed by atoms with Gasteiger partial charge in [-0.15, -0.1) is 0 Å². The van der Waals surface area contributed by atoms with Crippen LogP contribution in [0.5, 0.6) is 0 Å². The first-order valence-electron chi connectivity index (χ1n) is 4.33. The molecular formula is C8H14N2O3. The summed E-state index contributed by atoms with van der Waals surface area (Å²) in [5, 5.41) is 2.72. The van der Waals surface area contributed by atoms with Gasteiger partial charge in [-0.2, -0.15) is 0 Å². The van der Waals surface area contributed by atoms with Crippen LogP contribution in [0.4, 0.5) is 0 Å². The molecule has 0 saturated carbocycles. The highest BCUT2D eigenvalue weighted by Crippen LogP contribution is 2.15. The monoisotopic (exact) mass is 186 g/mol. The molecule has 1 fully saturated rings. The van der Waals surface area contributed by atoms with E-state index in [2.05, 4.69) is 15.6 Å². The van der Waals surface area contributed by atoms with E-state index in [-0.39, 0.29) is 17.7 Å². The Morgan fingerprint density at radius 1 is 1.77 bits per heavy atom. The van der Waals surface area contributed by atoms with Crippen LogP contribution in [0.25, 0.3) is 0 Å². The lowest BCUT2D eigenvalue weighted by Crippen LogP contribution is -2.24. The minimum atomic E-state index is -0.179. The van der Waals surface area contributed by atoms with Crippen molar-refractivity contribution in [1.82, 2.24) is 10.8 Å². The van der Waals surface area contributed by atoms with E-state index in [1.54, 1.807) is 0 Å². The van der Waals surface area contributed by atoms with Crippen LogP contribution in [0.15, 0.2) is 0 Å². The molecule has 0 aromatic rings. The Hall–Kier alpha value is -1.10. The Bertz CT molecular complexity index is 206. The highest BCUT2D eigenvalue weighted by atomic mass is 16.6. The molecule has 1 aliphatic heterocycles. The van der Waals surface area contributed by atoms with E-state index in [4.69, 9.17) is 0 Å². The number of hydrogen-bond acceptors (Lipinski definition) is 3. The van der Waals surface area contributed by atoms with Crippen molar-refractivity contribution in [3.05, 3.63) is 0 Å². The van der Waals surface area contributed by atoms with Crippen LogP contribution in [0, 0.1) is 5.92 Å². The van der Waals surface area contributed by atoms with Gasteiger partial charge in [0.1, 0.15) is 0 Å². The first kappa shape index (κ1) is 9.98. The number of rotatable bonds is 4. The van der Waals surface area contributed by atoms with E-state index >= 15 is 0 Å². The zero-order valence-electron chi connectivity index (χ0n) is 7.63. The van der Waals surface area contributed by atoms with Gasteiger partial charge in [0.25, 0.3) is 0 Å². The van der Waals surface area contributed by atoms with Gasteiger partial charge in [0.2, 0.25) is 11.8 Å². The van der Waals surface area contributed by atoms with E-state index in [9.17, 15) is 9.59 Å². The number of hydroxylamine groups is 1. The van der Waals surface area contributed by atoms with Gasteiger partial charge in [-0.25, -0.2) is 5.48 Å². The van der Waals surface area contributed by atoms with Crippen molar-refractivity contribution in [2.24, 2.45) is 5.92 Å². The highest BCUT2D eigenvalue weighted by Gasteiger charge is 2.24. The number of amides is 2. The lowest BCUT2D eigenvalue weighted by molar-refractivity contribution is -0.131. The molecule has 74 valence electrons. The molecule has 1 rings (SSSR count). The fourth-order valence-electron chi connectivity index (χ4n) is 1.39. The summed E-state index contributed by atoms with van der Waals surface area (Å²) >= 11 is 0. The van der Waals surface area contributed by atoms with E-state index in [1.807, 2.05) is 0 Å². The van der Waals surface area contributed by atoms with Crippen LogP contribution in [-0.2, 0) is 14.4 Å². The summed E-state index contributed by atoms with van der Waals surface area (Å²) in [4.78, 5) is 26.5. The van der Waals surface area contributed by atoms with Crippen molar-refractivity contribution in [3.63, 3.8) is 0 Å². The number of hydrogen-bond donors (Lipinski definition) is 2. The Labute approximate surface area is 76.8 Å². The molecule has 13 heavy (non-hydrogen) atoms. The van der Waals surface area contributed by atoms with Crippen LogP contribution in [-0.4, -0.2) is 25.5 Å². The smallest absolute Gasteiger partial charge is 0.243 e. The topological polar surface area (TPSA) is 67.4 Å². The fraction of sp³-hybridized carbons (Fsp3) is 0.750. The number of carbonyl (C=O) groups excluding carboxylic acids is 2. The third kappa shape index (κ3) is 3.02. The molecule has 0 spiro atoms.